The summed E-state index contributed by atoms with van der Waals surface area (Å²) in [7, 11) is 0. The van der Waals surface area contributed by atoms with Crippen LogP contribution in [0, 0.1) is 12.8 Å². The van der Waals surface area contributed by atoms with Crippen molar-refractivity contribution >= 4 is 27.5 Å². The van der Waals surface area contributed by atoms with Crippen LogP contribution in [0.2, 0.25) is 0 Å². The Kier molecular flexibility index (Phi) is 2.75. The van der Waals surface area contributed by atoms with Crippen molar-refractivity contribution in [2.45, 2.75) is 20.3 Å². The standard InChI is InChI=1S/C20H19N/c1-14-7-5-9-16(13-14)21-19-12-4-3-10-17(19)18-11-6-8-15(2)20(18)21/h3-6,8-14H,7H2,1-2H3. The predicted molar refractivity (Wildman–Crippen MR) is 91.4 cm³/mol. The molecule has 0 saturated heterocycles. The number of nitrogens with zero attached hydrogens (tertiary/aromatic N) is 1. The maximum atomic E-state index is 2.42. The number of aromatic nitrogens is 1. The Morgan fingerprint density at radius 2 is 1.81 bits per heavy atom. The molecule has 1 heteroatoms. The molecule has 1 atom stereocenters. The van der Waals surface area contributed by atoms with E-state index >= 15 is 0 Å². The number of hydrogen-bond donors (Lipinski definition) is 0. The van der Waals surface area contributed by atoms with E-state index in [-0.39, 0.29) is 0 Å². The van der Waals surface area contributed by atoms with Gasteiger partial charge in [0, 0.05) is 16.5 Å². The van der Waals surface area contributed by atoms with Gasteiger partial charge in [-0.15, -0.1) is 0 Å². The summed E-state index contributed by atoms with van der Waals surface area (Å²) in [6.07, 6.45) is 8.08. The highest BCUT2D eigenvalue weighted by molar-refractivity contribution is 6.11. The number of benzene rings is 2. The van der Waals surface area contributed by atoms with Crippen molar-refractivity contribution < 1.29 is 0 Å². The molecule has 0 aliphatic heterocycles. The summed E-state index contributed by atoms with van der Waals surface area (Å²) in [6, 6.07) is 15.3. The van der Waals surface area contributed by atoms with Crippen molar-refractivity contribution in [3.05, 3.63) is 66.3 Å². The molecule has 1 heterocycles. The van der Waals surface area contributed by atoms with Crippen LogP contribution in [0.15, 0.2) is 60.7 Å². The molecule has 1 nitrogen and oxygen atoms in total. The summed E-state index contributed by atoms with van der Waals surface area (Å²) >= 11 is 0. The van der Waals surface area contributed by atoms with Gasteiger partial charge in [0.15, 0.2) is 0 Å². The summed E-state index contributed by atoms with van der Waals surface area (Å²) in [4.78, 5) is 0. The Morgan fingerprint density at radius 3 is 2.67 bits per heavy atom. The van der Waals surface area contributed by atoms with Gasteiger partial charge in [0.05, 0.1) is 11.0 Å². The molecule has 0 bridgehead atoms. The first kappa shape index (κ1) is 12.5. The molecule has 104 valence electrons. The Balaban J connectivity index is 2.17. The summed E-state index contributed by atoms with van der Waals surface area (Å²) in [6.45, 7) is 4.48. The second-order valence-electron chi connectivity index (χ2n) is 6.03. The molecule has 1 aliphatic carbocycles. The molecule has 0 fully saturated rings. The third-order valence-corrected chi connectivity index (χ3v) is 4.41. The molecule has 1 aliphatic rings. The van der Waals surface area contributed by atoms with Crippen LogP contribution in [0.25, 0.3) is 27.5 Å². The molecular weight excluding hydrogens is 254 g/mol. The topological polar surface area (TPSA) is 4.93 Å². The highest BCUT2D eigenvalue weighted by atomic mass is 15.0. The molecule has 0 radical (unpaired) electrons. The molecule has 0 spiro atoms. The number of rotatable bonds is 1. The number of para-hydroxylation sites is 2. The van der Waals surface area contributed by atoms with E-state index in [0.29, 0.717) is 5.92 Å². The van der Waals surface area contributed by atoms with Gasteiger partial charge in [0.2, 0.25) is 0 Å². The van der Waals surface area contributed by atoms with Crippen LogP contribution in [0.1, 0.15) is 18.9 Å². The molecular formula is C20H19N. The van der Waals surface area contributed by atoms with Crippen molar-refractivity contribution in [3.8, 4) is 0 Å². The molecule has 1 aromatic heterocycles. The highest BCUT2D eigenvalue weighted by Crippen LogP contribution is 2.35. The molecule has 4 rings (SSSR count). The molecule has 0 amide bonds. The fourth-order valence-corrected chi connectivity index (χ4v) is 3.43. The minimum absolute atomic E-state index is 0.602. The Labute approximate surface area is 125 Å². The van der Waals surface area contributed by atoms with Gasteiger partial charge in [-0.25, -0.2) is 0 Å². The van der Waals surface area contributed by atoms with Gasteiger partial charge in [0.25, 0.3) is 0 Å². The minimum atomic E-state index is 0.602. The van der Waals surface area contributed by atoms with E-state index in [4.69, 9.17) is 0 Å². The van der Waals surface area contributed by atoms with Crippen molar-refractivity contribution in [2.24, 2.45) is 5.92 Å². The monoisotopic (exact) mass is 273 g/mol. The van der Waals surface area contributed by atoms with Crippen molar-refractivity contribution in [1.29, 1.82) is 0 Å². The molecule has 21 heavy (non-hydrogen) atoms. The van der Waals surface area contributed by atoms with Crippen molar-refractivity contribution in [3.63, 3.8) is 0 Å². The maximum Gasteiger partial charge on any atom is 0.0570 e. The van der Waals surface area contributed by atoms with Crippen molar-refractivity contribution in [2.75, 3.05) is 0 Å². The lowest BCUT2D eigenvalue weighted by Gasteiger charge is -2.16. The average Bonchev–Trinajstić information content (AvgIpc) is 2.83. The SMILES string of the molecule is Cc1cccc2c3ccccc3n(C3=CC(C)CC=C3)c12. The van der Waals surface area contributed by atoms with Gasteiger partial charge >= 0.3 is 0 Å². The van der Waals surface area contributed by atoms with Gasteiger partial charge in [-0.2, -0.15) is 0 Å². The van der Waals surface area contributed by atoms with Gasteiger partial charge in [0.1, 0.15) is 0 Å². The highest BCUT2D eigenvalue weighted by Gasteiger charge is 2.15. The molecule has 1 unspecified atom stereocenters. The minimum Gasteiger partial charge on any atom is -0.309 e. The van der Waals surface area contributed by atoms with Crippen LogP contribution in [0.5, 0.6) is 0 Å². The Hall–Kier alpha value is -2.28. The predicted octanol–water partition coefficient (Wildman–Crippen LogP) is 5.54. The number of allylic oxidation sites excluding steroid dienone is 4. The van der Waals surface area contributed by atoms with E-state index in [1.54, 1.807) is 0 Å². The fraction of sp³-hybridized carbons (Fsp3) is 0.200. The van der Waals surface area contributed by atoms with Gasteiger partial charge < -0.3 is 4.57 Å². The normalized spacial score (nSPS) is 18.4. The first-order chi connectivity index (χ1) is 10.3. The summed E-state index contributed by atoms with van der Waals surface area (Å²) < 4.78 is 2.42. The fourth-order valence-electron chi connectivity index (χ4n) is 3.43. The molecule has 0 saturated carbocycles. The third kappa shape index (κ3) is 1.84. The van der Waals surface area contributed by atoms with Gasteiger partial charge in [-0.3, -0.25) is 0 Å². The first-order valence-corrected chi connectivity index (χ1v) is 7.63. The second-order valence-corrected chi connectivity index (χ2v) is 6.03. The van der Waals surface area contributed by atoms with Crippen molar-refractivity contribution in [1.82, 2.24) is 4.57 Å². The lowest BCUT2D eigenvalue weighted by molar-refractivity contribution is 0.735. The van der Waals surface area contributed by atoms with E-state index in [9.17, 15) is 0 Å². The lowest BCUT2D eigenvalue weighted by atomic mass is 10.0. The number of hydrogen-bond acceptors (Lipinski definition) is 0. The molecule has 2 aromatic carbocycles. The van der Waals surface area contributed by atoms with E-state index in [1.165, 1.54) is 33.1 Å². The van der Waals surface area contributed by atoms with Crippen LogP contribution in [0.3, 0.4) is 0 Å². The zero-order chi connectivity index (χ0) is 14.4. The third-order valence-electron chi connectivity index (χ3n) is 4.41. The van der Waals surface area contributed by atoms with E-state index in [0.717, 1.165) is 6.42 Å². The van der Waals surface area contributed by atoms with Gasteiger partial charge in [-0.05, 0) is 37.0 Å². The smallest absolute Gasteiger partial charge is 0.0570 e. The van der Waals surface area contributed by atoms with Crippen LogP contribution >= 0.6 is 0 Å². The van der Waals surface area contributed by atoms with Crippen LogP contribution < -0.4 is 0 Å². The van der Waals surface area contributed by atoms with Crippen LogP contribution in [0.4, 0.5) is 0 Å². The summed E-state index contributed by atoms with van der Waals surface area (Å²) in [5, 5.41) is 2.68. The van der Waals surface area contributed by atoms with E-state index < -0.39 is 0 Å². The van der Waals surface area contributed by atoms with E-state index in [2.05, 4.69) is 79.1 Å². The Morgan fingerprint density at radius 1 is 1.00 bits per heavy atom. The lowest BCUT2D eigenvalue weighted by Crippen LogP contribution is -2.02. The second kappa shape index (κ2) is 4.63. The van der Waals surface area contributed by atoms with Crippen LogP contribution in [-0.2, 0) is 0 Å². The van der Waals surface area contributed by atoms with Crippen LogP contribution in [-0.4, -0.2) is 4.57 Å². The quantitative estimate of drug-likeness (QED) is 0.548. The number of aryl methyl sites for hydroxylation is 1. The van der Waals surface area contributed by atoms with Gasteiger partial charge in [-0.1, -0.05) is 55.5 Å². The summed E-state index contributed by atoms with van der Waals surface area (Å²) in [5.74, 6) is 0.602. The Bertz CT molecular complexity index is 893. The zero-order valence-electron chi connectivity index (χ0n) is 12.5. The maximum absolute atomic E-state index is 2.42. The first-order valence-electron chi connectivity index (χ1n) is 7.63. The molecule has 3 aromatic rings. The average molecular weight is 273 g/mol. The summed E-state index contributed by atoms with van der Waals surface area (Å²) in [5.41, 5.74) is 5.26. The number of fused-ring (bicyclic) bond motifs is 3. The largest absolute Gasteiger partial charge is 0.309 e. The zero-order valence-corrected chi connectivity index (χ0v) is 12.5. The molecule has 0 N–H and O–H groups in total. The van der Waals surface area contributed by atoms with E-state index in [1.807, 2.05) is 0 Å².